The molecule has 0 aromatic carbocycles. The highest BCUT2D eigenvalue weighted by Crippen LogP contribution is 2.65. The van der Waals surface area contributed by atoms with Crippen LogP contribution < -0.4 is 0 Å². The Morgan fingerprint density at radius 3 is 1.03 bits per heavy atom. The lowest BCUT2D eigenvalue weighted by Gasteiger charge is -2.45. The van der Waals surface area contributed by atoms with Crippen molar-refractivity contribution in [3.8, 4) is 0 Å². The zero-order valence-electron chi connectivity index (χ0n) is 18.2. The molecular weight excluding hydrogens is 586 g/mol. The van der Waals surface area contributed by atoms with E-state index in [0.717, 1.165) is 0 Å². The van der Waals surface area contributed by atoms with E-state index in [2.05, 4.69) is 0 Å². The third-order valence-electron chi connectivity index (χ3n) is 4.97. The van der Waals surface area contributed by atoms with Gasteiger partial charge in [0.2, 0.25) is 0 Å². The van der Waals surface area contributed by atoms with Crippen molar-refractivity contribution in [2.24, 2.45) is 0 Å². The molecular formula is C16H16F20N+. The minimum absolute atomic E-state index is 0.169. The third-order valence-corrected chi connectivity index (χ3v) is 4.97. The molecule has 0 saturated heterocycles. The maximum Gasteiger partial charge on any atom is 0.385 e. The van der Waals surface area contributed by atoms with Gasteiger partial charge in [-0.1, -0.05) is 6.92 Å². The minimum Gasteiger partial charge on any atom is -0.323 e. The van der Waals surface area contributed by atoms with Gasteiger partial charge in [-0.2, -0.15) is 79.0 Å². The quantitative estimate of drug-likeness (QED) is 0.152. The first kappa shape index (κ1) is 35.6. The van der Waals surface area contributed by atoms with Gasteiger partial charge in [-0.05, 0) is 6.42 Å². The number of hydrogen-bond donors (Lipinski definition) is 0. The summed E-state index contributed by atoms with van der Waals surface area (Å²) in [4.78, 5) is 0. The Morgan fingerprint density at radius 1 is 0.486 bits per heavy atom. The van der Waals surface area contributed by atoms with Gasteiger partial charge in [0.1, 0.15) is 6.54 Å². The standard InChI is InChI=1S/C16H16F20N/c1-4-5-37(2,3)6-8(19,20)10(23,24)12(27,28)14(31,32)16(35,36)15(33,34)13(29,30)11(25,26)9(21,22)7(17)18/h7H,4-6H2,1-3H3/q+1. The number of halogens is 20. The summed E-state index contributed by atoms with van der Waals surface area (Å²) in [6.45, 7) is -1.98. The average Bonchev–Trinajstić information content (AvgIpc) is 2.65. The van der Waals surface area contributed by atoms with Gasteiger partial charge >= 0.3 is 59.7 Å². The maximum absolute atomic E-state index is 13.9. The number of nitrogens with zero attached hydrogens (tertiary/aromatic N) is 1. The van der Waals surface area contributed by atoms with Crippen LogP contribution in [-0.2, 0) is 0 Å². The van der Waals surface area contributed by atoms with Gasteiger partial charge in [-0.25, -0.2) is 8.78 Å². The van der Waals surface area contributed by atoms with E-state index in [4.69, 9.17) is 0 Å². The van der Waals surface area contributed by atoms with Crippen LogP contribution in [0, 0.1) is 0 Å². The smallest absolute Gasteiger partial charge is 0.323 e. The molecule has 0 N–H and O–H groups in total. The van der Waals surface area contributed by atoms with Gasteiger partial charge in [0.05, 0.1) is 20.6 Å². The van der Waals surface area contributed by atoms with Gasteiger partial charge in [0, 0.05) is 0 Å². The van der Waals surface area contributed by atoms with Crippen molar-refractivity contribution in [2.75, 3.05) is 27.2 Å². The van der Waals surface area contributed by atoms with Crippen LogP contribution in [0.3, 0.4) is 0 Å². The number of quaternary nitrogens is 1. The fraction of sp³-hybridized carbons (Fsp3) is 1.00. The fourth-order valence-electron chi connectivity index (χ4n) is 2.88. The van der Waals surface area contributed by atoms with E-state index in [1.165, 1.54) is 6.92 Å². The molecule has 0 radical (unpaired) electrons. The third kappa shape index (κ3) is 4.89. The van der Waals surface area contributed by atoms with Gasteiger partial charge in [0.25, 0.3) is 0 Å². The Bertz CT molecular complexity index is 798. The Kier molecular flexibility index (Phi) is 8.98. The van der Waals surface area contributed by atoms with Crippen molar-refractivity contribution in [2.45, 2.75) is 73.1 Å². The SMILES string of the molecule is CCC[N+](C)(C)CC(F)(F)C(F)(F)C(F)(F)C(F)(F)C(F)(F)C(F)(F)C(F)(F)C(F)(F)C(F)(F)C(F)F. The molecule has 224 valence electrons. The highest BCUT2D eigenvalue weighted by atomic mass is 19.4. The van der Waals surface area contributed by atoms with Crippen molar-refractivity contribution in [1.29, 1.82) is 0 Å². The van der Waals surface area contributed by atoms with Gasteiger partial charge < -0.3 is 4.48 Å². The van der Waals surface area contributed by atoms with E-state index >= 15 is 0 Å². The summed E-state index contributed by atoms with van der Waals surface area (Å²) in [6, 6.07) is 0. The van der Waals surface area contributed by atoms with Crippen molar-refractivity contribution < 1.29 is 92.3 Å². The van der Waals surface area contributed by atoms with E-state index in [1.807, 2.05) is 0 Å². The molecule has 0 bridgehead atoms. The van der Waals surface area contributed by atoms with E-state index in [0.29, 0.717) is 14.1 Å². The summed E-state index contributed by atoms with van der Waals surface area (Å²) >= 11 is 0. The Morgan fingerprint density at radius 2 is 0.757 bits per heavy atom. The highest BCUT2D eigenvalue weighted by molar-refractivity contribution is 5.17. The Labute approximate surface area is 193 Å². The summed E-state index contributed by atoms with van der Waals surface area (Å²) in [5.41, 5.74) is 0. The van der Waals surface area contributed by atoms with Crippen molar-refractivity contribution >= 4 is 0 Å². The summed E-state index contributed by atoms with van der Waals surface area (Å²) in [7, 11) is 1.19. The van der Waals surface area contributed by atoms with Crippen LogP contribution in [0.5, 0.6) is 0 Å². The van der Waals surface area contributed by atoms with Crippen molar-refractivity contribution in [3.05, 3.63) is 0 Å². The van der Waals surface area contributed by atoms with Crippen LogP contribution in [0.2, 0.25) is 0 Å². The van der Waals surface area contributed by atoms with E-state index in [9.17, 15) is 87.8 Å². The first-order chi connectivity index (χ1) is 15.7. The second-order valence-electron chi connectivity index (χ2n) is 8.47. The molecule has 0 aliphatic rings. The summed E-state index contributed by atoms with van der Waals surface area (Å²) in [6.07, 6.45) is -6.25. The second-order valence-corrected chi connectivity index (χ2v) is 8.47. The van der Waals surface area contributed by atoms with Crippen LogP contribution >= 0.6 is 0 Å². The predicted molar refractivity (Wildman–Crippen MR) is 82.7 cm³/mol. The number of rotatable bonds is 13. The highest BCUT2D eigenvalue weighted by Gasteiger charge is 2.97. The summed E-state index contributed by atoms with van der Waals surface area (Å²) < 4.78 is 266. The topological polar surface area (TPSA) is 0 Å². The van der Waals surface area contributed by atoms with Crippen LogP contribution in [0.1, 0.15) is 13.3 Å². The zero-order chi connectivity index (χ0) is 30.7. The van der Waals surface area contributed by atoms with E-state index in [-0.39, 0.29) is 6.42 Å². The lowest BCUT2D eigenvalue weighted by molar-refractivity contribution is -0.899. The minimum atomic E-state index is -8.97. The van der Waals surface area contributed by atoms with E-state index < -0.39 is 77.3 Å². The molecule has 0 fully saturated rings. The number of alkyl halides is 20. The Balaban J connectivity index is 6.95. The van der Waals surface area contributed by atoms with Gasteiger partial charge in [-0.3, -0.25) is 0 Å². The average molecular weight is 602 g/mol. The van der Waals surface area contributed by atoms with Crippen LogP contribution in [0.4, 0.5) is 87.8 Å². The molecule has 0 aliphatic carbocycles. The lowest BCUT2D eigenvalue weighted by Crippen LogP contribution is -2.77. The monoisotopic (exact) mass is 602 g/mol. The molecule has 0 heterocycles. The largest absolute Gasteiger partial charge is 0.385 e. The molecule has 0 unspecified atom stereocenters. The first-order valence-corrected chi connectivity index (χ1v) is 9.21. The van der Waals surface area contributed by atoms with Crippen LogP contribution in [0.15, 0.2) is 0 Å². The van der Waals surface area contributed by atoms with Crippen molar-refractivity contribution in [1.82, 2.24) is 0 Å². The molecule has 0 spiro atoms. The normalized spacial score (nSPS) is 16.5. The van der Waals surface area contributed by atoms with Gasteiger partial charge in [-0.15, -0.1) is 0 Å². The predicted octanol–water partition coefficient (Wildman–Crippen LogP) is 7.46. The molecule has 37 heavy (non-hydrogen) atoms. The maximum atomic E-state index is 13.9. The molecule has 0 amide bonds. The van der Waals surface area contributed by atoms with Gasteiger partial charge in [0.15, 0.2) is 0 Å². The number of hydrogen-bond acceptors (Lipinski definition) is 0. The van der Waals surface area contributed by atoms with Crippen molar-refractivity contribution in [3.63, 3.8) is 0 Å². The molecule has 0 aromatic rings. The van der Waals surface area contributed by atoms with Crippen LogP contribution in [-0.4, -0.2) is 91.4 Å². The molecule has 0 rings (SSSR count). The summed E-state index contributed by atoms with van der Waals surface area (Å²) in [5, 5.41) is 0. The molecule has 21 heteroatoms. The van der Waals surface area contributed by atoms with E-state index in [1.54, 1.807) is 0 Å². The lowest BCUT2D eigenvalue weighted by atomic mass is 9.86. The molecule has 1 nitrogen and oxygen atoms in total. The fourth-order valence-corrected chi connectivity index (χ4v) is 2.88. The molecule has 0 saturated carbocycles. The molecule has 0 aliphatic heterocycles. The molecule has 0 atom stereocenters. The first-order valence-electron chi connectivity index (χ1n) is 9.21. The summed E-state index contributed by atoms with van der Waals surface area (Å²) in [5.74, 6) is -74.5. The zero-order valence-corrected chi connectivity index (χ0v) is 18.2. The second kappa shape index (κ2) is 9.34. The molecule has 0 aromatic heterocycles. The Hall–Kier alpha value is -1.44. The van der Waals surface area contributed by atoms with Crippen LogP contribution in [0.25, 0.3) is 0 Å².